The number of para-hydroxylation sites is 1. The highest BCUT2D eigenvalue weighted by atomic mass is 16.3. The fraction of sp³-hybridized carbons (Fsp3) is 0.538. The smallest absolute Gasteiger partial charge is 0.0647 e. The van der Waals surface area contributed by atoms with Gasteiger partial charge in [0.1, 0.15) is 0 Å². The third-order valence-electron chi connectivity index (χ3n) is 3.21. The van der Waals surface area contributed by atoms with Crippen LogP contribution in [-0.2, 0) is 0 Å². The lowest BCUT2D eigenvalue weighted by Crippen LogP contribution is -2.42. The first-order valence-electron chi connectivity index (χ1n) is 5.97. The Kier molecular flexibility index (Phi) is 3.80. The minimum atomic E-state index is 0.198. The summed E-state index contributed by atoms with van der Waals surface area (Å²) >= 11 is 0. The van der Waals surface area contributed by atoms with E-state index in [0.717, 1.165) is 26.1 Å². The van der Waals surface area contributed by atoms with Gasteiger partial charge in [-0.2, -0.15) is 0 Å². The van der Waals surface area contributed by atoms with Crippen LogP contribution in [0.1, 0.15) is 12.0 Å². The molecule has 1 heterocycles. The summed E-state index contributed by atoms with van der Waals surface area (Å²) < 4.78 is 0. The maximum atomic E-state index is 9.46. The number of rotatable bonds is 2. The molecule has 0 spiro atoms. The quantitative estimate of drug-likeness (QED) is 0.785. The predicted octanol–water partition coefficient (Wildman–Crippen LogP) is 1.16. The molecule has 1 saturated heterocycles. The van der Waals surface area contributed by atoms with Crippen molar-refractivity contribution in [3.63, 3.8) is 0 Å². The molecule has 3 heteroatoms. The molecule has 1 aliphatic rings. The van der Waals surface area contributed by atoms with E-state index in [-0.39, 0.29) is 12.6 Å². The standard InChI is InChI=1S/C13H20N2O/c1-11-5-2-3-6-13(11)15-8-4-7-14-9-12(15)10-16/h2-3,5-6,12,14,16H,4,7-10H2,1H3. The molecular formula is C13H20N2O. The van der Waals surface area contributed by atoms with Crippen LogP contribution in [-0.4, -0.2) is 37.4 Å². The number of benzene rings is 1. The summed E-state index contributed by atoms with van der Waals surface area (Å²) in [5.41, 5.74) is 2.54. The summed E-state index contributed by atoms with van der Waals surface area (Å²) in [6.07, 6.45) is 1.13. The highest BCUT2D eigenvalue weighted by molar-refractivity contribution is 5.54. The molecule has 0 amide bonds. The minimum Gasteiger partial charge on any atom is -0.394 e. The molecule has 0 bridgehead atoms. The number of nitrogens with one attached hydrogen (secondary N) is 1. The van der Waals surface area contributed by atoms with Crippen LogP contribution in [0.15, 0.2) is 24.3 Å². The Morgan fingerprint density at radius 1 is 1.44 bits per heavy atom. The Morgan fingerprint density at radius 2 is 2.25 bits per heavy atom. The van der Waals surface area contributed by atoms with E-state index in [0.29, 0.717) is 0 Å². The van der Waals surface area contributed by atoms with Crippen LogP contribution in [0.4, 0.5) is 5.69 Å². The van der Waals surface area contributed by atoms with Gasteiger partial charge in [0, 0.05) is 18.8 Å². The molecule has 0 radical (unpaired) electrons. The van der Waals surface area contributed by atoms with Crippen molar-refractivity contribution in [1.29, 1.82) is 0 Å². The molecule has 16 heavy (non-hydrogen) atoms. The molecule has 1 aromatic carbocycles. The van der Waals surface area contributed by atoms with Crippen molar-refractivity contribution < 1.29 is 5.11 Å². The summed E-state index contributed by atoms with van der Waals surface area (Å²) in [4.78, 5) is 2.33. The molecule has 2 rings (SSSR count). The Hall–Kier alpha value is -1.06. The first-order valence-corrected chi connectivity index (χ1v) is 5.97. The fourth-order valence-corrected chi connectivity index (χ4v) is 2.30. The maximum Gasteiger partial charge on any atom is 0.0647 e. The average molecular weight is 220 g/mol. The third kappa shape index (κ3) is 2.36. The SMILES string of the molecule is Cc1ccccc1N1CCCNCC1CO. The highest BCUT2D eigenvalue weighted by Gasteiger charge is 2.21. The van der Waals surface area contributed by atoms with E-state index in [1.807, 2.05) is 0 Å². The van der Waals surface area contributed by atoms with Crippen LogP contribution < -0.4 is 10.2 Å². The topological polar surface area (TPSA) is 35.5 Å². The van der Waals surface area contributed by atoms with Crippen molar-refractivity contribution in [2.45, 2.75) is 19.4 Å². The lowest BCUT2D eigenvalue weighted by Gasteiger charge is -2.31. The van der Waals surface area contributed by atoms with Crippen LogP contribution >= 0.6 is 0 Å². The normalized spacial score (nSPS) is 21.9. The summed E-state index contributed by atoms with van der Waals surface area (Å²) in [5.74, 6) is 0. The third-order valence-corrected chi connectivity index (χ3v) is 3.21. The summed E-state index contributed by atoms with van der Waals surface area (Å²) in [5, 5.41) is 12.8. The van der Waals surface area contributed by atoms with Gasteiger partial charge >= 0.3 is 0 Å². The molecule has 1 atom stereocenters. The van der Waals surface area contributed by atoms with Crippen LogP contribution in [0.3, 0.4) is 0 Å². The van der Waals surface area contributed by atoms with Crippen LogP contribution in [0.2, 0.25) is 0 Å². The molecule has 3 nitrogen and oxygen atoms in total. The maximum absolute atomic E-state index is 9.46. The second-order valence-corrected chi connectivity index (χ2v) is 4.37. The zero-order valence-electron chi connectivity index (χ0n) is 9.82. The van der Waals surface area contributed by atoms with Crippen LogP contribution in [0, 0.1) is 6.92 Å². The predicted molar refractivity (Wildman–Crippen MR) is 66.9 cm³/mol. The Balaban J connectivity index is 2.25. The van der Waals surface area contributed by atoms with Crippen molar-refractivity contribution in [1.82, 2.24) is 5.32 Å². The Bertz CT molecular complexity index is 340. The van der Waals surface area contributed by atoms with Gasteiger partial charge in [-0.15, -0.1) is 0 Å². The number of aliphatic hydroxyl groups excluding tert-OH is 1. The highest BCUT2D eigenvalue weighted by Crippen LogP contribution is 2.22. The van der Waals surface area contributed by atoms with Crippen molar-refractivity contribution in [3.8, 4) is 0 Å². The van der Waals surface area contributed by atoms with Gasteiger partial charge in [0.05, 0.1) is 12.6 Å². The number of hydrogen-bond donors (Lipinski definition) is 2. The average Bonchev–Trinajstić information content (AvgIpc) is 2.54. The van der Waals surface area contributed by atoms with Crippen molar-refractivity contribution >= 4 is 5.69 Å². The Morgan fingerprint density at radius 3 is 3.00 bits per heavy atom. The number of anilines is 1. The van der Waals surface area contributed by atoms with E-state index >= 15 is 0 Å². The molecule has 1 aromatic rings. The number of nitrogens with zero attached hydrogens (tertiary/aromatic N) is 1. The Labute approximate surface area is 97.1 Å². The zero-order chi connectivity index (χ0) is 11.4. The van der Waals surface area contributed by atoms with Gasteiger partial charge < -0.3 is 15.3 Å². The monoisotopic (exact) mass is 220 g/mol. The molecule has 1 aliphatic heterocycles. The van der Waals surface area contributed by atoms with Gasteiger partial charge in [-0.3, -0.25) is 0 Å². The lowest BCUT2D eigenvalue weighted by molar-refractivity contribution is 0.260. The summed E-state index contributed by atoms with van der Waals surface area (Å²) in [7, 11) is 0. The van der Waals surface area contributed by atoms with Crippen molar-refractivity contribution in [3.05, 3.63) is 29.8 Å². The molecule has 0 aliphatic carbocycles. The van der Waals surface area contributed by atoms with Crippen LogP contribution in [0.25, 0.3) is 0 Å². The molecule has 1 fully saturated rings. The molecular weight excluding hydrogens is 200 g/mol. The first-order chi connectivity index (χ1) is 7.83. The van der Waals surface area contributed by atoms with Gasteiger partial charge in [0.2, 0.25) is 0 Å². The minimum absolute atomic E-state index is 0.198. The fourth-order valence-electron chi connectivity index (χ4n) is 2.30. The molecule has 0 aromatic heterocycles. The van der Waals surface area contributed by atoms with Crippen molar-refractivity contribution in [2.24, 2.45) is 0 Å². The van der Waals surface area contributed by atoms with Gasteiger partial charge in [-0.05, 0) is 31.5 Å². The first kappa shape index (κ1) is 11.4. The zero-order valence-corrected chi connectivity index (χ0v) is 9.82. The number of aryl methyl sites for hydroxylation is 1. The van der Waals surface area contributed by atoms with Gasteiger partial charge in [-0.25, -0.2) is 0 Å². The molecule has 2 N–H and O–H groups in total. The lowest BCUT2D eigenvalue weighted by atomic mass is 10.1. The summed E-state index contributed by atoms with van der Waals surface area (Å²) in [6, 6.07) is 8.59. The largest absolute Gasteiger partial charge is 0.394 e. The van der Waals surface area contributed by atoms with Crippen molar-refractivity contribution in [2.75, 3.05) is 31.1 Å². The molecule has 88 valence electrons. The van der Waals surface area contributed by atoms with E-state index in [2.05, 4.69) is 41.4 Å². The van der Waals surface area contributed by atoms with E-state index in [1.54, 1.807) is 0 Å². The van der Waals surface area contributed by atoms with E-state index in [1.165, 1.54) is 11.3 Å². The van der Waals surface area contributed by atoms with Gasteiger partial charge in [0.15, 0.2) is 0 Å². The second-order valence-electron chi connectivity index (χ2n) is 4.37. The van der Waals surface area contributed by atoms with E-state index in [4.69, 9.17) is 0 Å². The number of hydrogen-bond acceptors (Lipinski definition) is 3. The molecule has 0 saturated carbocycles. The van der Waals surface area contributed by atoms with E-state index in [9.17, 15) is 5.11 Å². The van der Waals surface area contributed by atoms with Gasteiger partial charge in [-0.1, -0.05) is 18.2 Å². The van der Waals surface area contributed by atoms with Crippen LogP contribution in [0.5, 0.6) is 0 Å². The molecule has 1 unspecified atom stereocenters. The van der Waals surface area contributed by atoms with E-state index < -0.39 is 0 Å². The van der Waals surface area contributed by atoms with Gasteiger partial charge in [0.25, 0.3) is 0 Å². The second kappa shape index (κ2) is 5.32. The number of aliphatic hydroxyl groups is 1. The summed E-state index contributed by atoms with van der Waals surface area (Å²) in [6.45, 7) is 5.26.